The first-order valence-electron chi connectivity index (χ1n) is 8.30. The minimum Gasteiger partial charge on any atom is -0.339 e. The number of rotatable bonds is 6. The molecule has 2 aliphatic heterocycles. The van der Waals surface area contributed by atoms with Crippen LogP contribution in [0.25, 0.3) is 0 Å². The first-order chi connectivity index (χ1) is 11.1. The van der Waals surface area contributed by atoms with E-state index in [1.165, 1.54) is 10.6 Å². The lowest BCUT2D eigenvalue weighted by molar-refractivity contribution is -0.134. The maximum absolute atomic E-state index is 12.5. The summed E-state index contributed by atoms with van der Waals surface area (Å²) in [6.07, 6.45) is 2.61. The lowest BCUT2D eigenvalue weighted by atomic mass is 10.2. The molecular weight excluding hydrogens is 354 g/mol. The van der Waals surface area contributed by atoms with Gasteiger partial charge in [-0.3, -0.25) is 9.69 Å². The van der Waals surface area contributed by atoms with Crippen LogP contribution in [0.1, 0.15) is 19.8 Å². The van der Waals surface area contributed by atoms with Gasteiger partial charge in [0.2, 0.25) is 15.9 Å². The summed E-state index contributed by atoms with van der Waals surface area (Å²) in [6.45, 7) is 4.30. The molecular formula is C14H27N3O5S2. The van der Waals surface area contributed by atoms with Crippen LogP contribution in [-0.4, -0.2) is 99.9 Å². The highest BCUT2D eigenvalue weighted by Gasteiger charge is 2.34. The molecule has 10 heteroatoms. The molecule has 0 spiro atoms. The van der Waals surface area contributed by atoms with Gasteiger partial charge in [0.25, 0.3) is 0 Å². The zero-order chi connectivity index (χ0) is 18.0. The zero-order valence-electron chi connectivity index (χ0n) is 14.3. The largest absolute Gasteiger partial charge is 0.339 e. The molecule has 0 aromatic heterocycles. The Bertz CT molecular complexity index is 654. The Morgan fingerprint density at radius 1 is 1.21 bits per heavy atom. The van der Waals surface area contributed by atoms with Gasteiger partial charge in [-0.15, -0.1) is 0 Å². The van der Waals surface area contributed by atoms with Gasteiger partial charge in [0.15, 0.2) is 9.84 Å². The Morgan fingerprint density at radius 2 is 1.83 bits per heavy atom. The monoisotopic (exact) mass is 381 g/mol. The van der Waals surface area contributed by atoms with E-state index in [1.54, 1.807) is 4.90 Å². The Hall–Kier alpha value is -0.710. The summed E-state index contributed by atoms with van der Waals surface area (Å²) in [6, 6.07) is -0.0868. The third-order valence-corrected chi connectivity index (χ3v) is 7.69. The molecule has 1 amide bonds. The van der Waals surface area contributed by atoms with Gasteiger partial charge in [-0.2, -0.15) is 4.31 Å². The molecule has 0 aliphatic carbocycles. The van der Waals surface area contributed by atoms with E-state index in [4.69, 9.17) is 0 Å². The van der Waals surface area contributed by atoms with Crippen LogP contribution in [0.3, 0.4) is 0 Å². The summed E-state index contributed by atoms with van der Waals surface area (Å²) in [5.41, 5.74) is 0. The van der Waals surface area contributed by atoms with Crippen LogP contribution in [0.5, 0.6) is 0 Å². The second kappa shape index (κ2) is 7.67. The van der Waals surface area contributed by atoms with Crippen LogP contribution in [0.15, 0.2) is 0 Å². The summed E-state index contributed by atoms with van der Waals surface area (Å²) in [5.74, 6) is 0.266. The number of sulfone groups is 1. The van der Waals surface area contributed by atoms with E-state index in [-0.39, 0.29) is 30.0 Å². The molecule has 2 aliphatic rings. The quantitative estimate of drug-likeness (QED) is 0.585. The highest BCUT2D eigenvalue weighted by atomic mass is 32.2. The molecule has 1 atom stereocenters. The van der Waals surface area contributed by atoms with Gasteiger partial charge in [0.05, 0.1) is 24.3 Å². The normalized spacial score (nSPS) is 25.3. The molecule has 2 rings (SSSR count). The van der Waals surface area contributed by atoms with Crippen LogP contribution >= 0.6 is 0 Å². The average molecular weight is 382 g/mol. The van der Waals surface area contributed by atoms with Crippen molar-refractivity contribution in [2.75, 3.05) is 57.0 Å². The maximum atomic E-state index is 12.5. The van der Waals surface area contributed by atoms with Gasteiger partial charge in [0, 0.05) is 32.2 Å². The van der Waals surface area contributed by atoms with Crippen LogP contribution < -0.4 is 0 Å². The van der Waals surface area contributed by atoms with Gasteiger partial charge in [-0.1, -0.05) is 6.92 Å². The Morgan fingerprint density at radius 3 is 2.29 bits per heavy atom. The summed E-state index contributed by atoms with van der Waals surface area (Å²) in [5, 5.41) is 0. The van der Waals surface area contributed by atoms with Crippen molar-refractivity contribution in [3.63, 3.8) is 0 Å². The van der Waals surface area contributed by atoms with Crippen LogP contribution in [0, 0.1) is 0 Å². The molecule has 140 valence electrons. The van der Waals surface area contributed by atoms with Gasteiger partial charge in [-0.25, -0.2) is 16.8 Å². The number of piperazine rings is 1. The number of hydrogen-bond acceptors (Lipinski definition) is 6. The smallest absolute Gasteiger partial charge is 0.236 e. The number of amides is 1. The standard InChI is InChI=1S/C14H27N3O5S2/c1-3-5-16(13-4-10-24(21,22)12-13)11-14(18)15-6-8-17(9-7-15)23(2,19)20/h13H,3-12H2,1-2H3. The molecule has 0 aromatic rings. The van der Waals surface area contributed by atoms with E-state index in [2.05, 4.69) is 0 Å². The summed E-state index contributed by atoms with van der Waals surface area (Å²) in [4.78, 5) is 16.2. The molecule has 8 nitrogen and oxygen atoms in total. The van der Waals surface area contributed by atoms with Crippen molar-refractivity contribution in [3.8, 4) is 0 Å². The second-order valence-electron chi connectivity index (χ2n) is 6.57. The van der Waals surface area contributed by atoms with E-state index in [9.17, 15) is 21.6 Å². The fourth-order valence-corrected chi connectivity index (χ4v) is 5.87. The Balaban J connectivity index is 1.92. The predicted octanol–water partition coefficient (Wildman–Crippen LogP) is -1.01. The minimum atomic E-state index is -3.21. The van der Waals surface area contributed by atoms with Crippen LogP contribution in [0.4, 0.5) is 0 Å². The lowest BCUT2D eigenvalue weighted by Gasteiger charge is -2.35. The first kappa shape index (κ1) is 19.6. The van der Waals surface area contributed by atoms with E-state index in [0.717, 1.165) is 6.42 Å². The van der Waals surface area contributed by atoms with Gasteiger partial charge in [0.1, 0.15) is 0 Å². The van der Waals surface area contributed by atoms with Crippen molar-refractivity contribution >= 4 is 25.8 Å². The van der Waals surface area contributed by atoms with Gasteiger partial charge < -0.3 is 4.90 Å². The van der Waals surface area contributed by atoms with E-state index in [1.807, 2.05) is 11.8 Å². The third kappa shape index (κ3) is 5.14. The Kier molecular flexibility index (Phi) is 6.27. The van der Waals surface area contributed by atoms with Crippen LogP contribution in [0.2, 0.25) is 0 Å². The third-order valence-electron chi connectivity index (χ3n) is 4.63. The van der Waals surface area contributed by atoms with Crippen molar-refractivity contribution in [2.45, 2.75) is 25.8 Å². The van der Waals surface area contributed by atoms with Crippen molar-refractivity contribution < 1.29 is 21.6 Å². The number of carbonyl (C=O) groups is 1. The number of sulfonamides is 1. The average Bonchev–Trinajstić information content (AvgIpc) is 2.86. The molecule has 2 saturated heterocycles. The van der Waals surface area contributed by atoms with Crippen molar-refractivity contribution in [1.82, 2.24) is 14.1 Å². The van der Waals surface area contributed by atoms with Crippen molar-refractivity contribution in [2.24, 2.45) is 0 Å². The molecule has 2 fully saturated rings. The second-order valence-corrected chi connectivity index (χ2v) is 10.8. The SMILES string of the molecule is CCCN(CC(=O)N1CCN(S(C)(=O)=O)CC1)C1CCS(=O)(=O)C1. The molecule has 0 saturated carbocycles. The van der Waals surface area contributed by atoms with Crippen LogP contribution in [-0.2, 0) is 24.7 Å². The molecule has 0 aromatic carbocycles. The Labute approximate surface area is 144 Å². The van der Waals surface area contributed by atoms with Gasteiger partial charge in [-0.05, 0) is 19.4 Å². The summed E-state index contributed by atoms with van der Waals surface area (Å²) in [7, 11) is -6.20. The molecule has 0 radical (unpaired) electrons. The molecule has 1 unspecified atom stereocenters. The fraction of sp³-hybridized carbons (Fsp3) is 0.929. The topological polar surface area (TPSA) is 95.1 Å². The highest BCUT2D eigenvalue weighted by Crippen LogP contribution is 2.18. The first-order valence-corrected chi connectivity index (χ1v) is 12.0. The van der Waals surface area contributed by atoms with Crippen molar-refractivity contribution in [3.05, 3.63) is 0 Å². The number of carbonyl (C=O) groups excluding carboxylic acids is 1. The summed E-state index contributed by atoms with van der Waals surface area (Å²) >= 11 is 0. The minimum absolute atomic E-state index is 0.0547. The fourth-order valence-electron chi connectivity index (χ4n) is 3.28. The molecule has 0 N–H and O–H groups in total. The van der Waals surface area contributed by atoms with E-state index >= 15 is 0 Å². The number of hydrogen-bond donors (Lipinski definition) is 0. The van der Waals surface area contributed by atoms with Gasteiger partial charge >= 0.3 is 0 Å². The summed E-state index contributed by atoms with van der Waals surface area (Å²) < 4.78 is 47.8. The number of nitrogens with zero attached hydrogens (tertiary/aromatic N) is 3. The predicted molar refractivity (Wildman–Crippen MR) is 91.9 cm³/mol. The highest BCUT2D eigenvalue weighted by molar-refractivity contribution is 7.91. The lowest BCUT2D eigenvalue weighted by Crippen LogP contribution is -2.53. The molecule has 0 bridgehead atoms. The molecule has 24 heavy (non-hydrogen) atoms. The maximum Gasteiger partial charge on any atom is 0.236 e. The zero-order valence-corrected chi connectivity index (χ0v) is 16.0. The molecule has 2 heterocycles. The van der Waals surface area contributed by atoms with E-state index in [0.29, 0.717) is 39.1 Å². The van der Waals surface area contributed by atoms with Crippen molar-refractivity contribution in [1.29, 1.82) is 0 Å². The van der Waals surface area contributed by atoms with E-state index < -0.39 is 19.9 Å².